The summed E-state index contributed by atoms with van der Waals surface area (Å²) in [6.45, 7) is 0. The average molecular weight is 348 g/mol. The van der Waals surface area contributed by atoms with Gasteiger partial charge in [0.1, 0.15) is 11.3 Å². The lowest BCUT2D eigenvalue weighted by Crippen LogP contribution is -2.02. The number of fused-ring (bicyclic) bond motifs is 3. The van der Waals surface area contributed by atoms with E-state index in [2.05, 4.69) is 4.98 Å². The Labute approximate surface area is 146 Å². The largest absolute Gasteiger partial charge is 0.508 e. The van der Waals surface area contributed by atoms with E-state index in [1.165, 1.54) is 18.2 Å². The predicted molar refractivity (Wildman–Crippen MR) is 95.4 cm³/mol. The summed E-state index contributed by atoms with van der Waals surface area (Å²) < 4.78 is 5.32. The van der Waals surface area contributed by atoms with Gasteiger partial charge in [-0.1, -0.05) is 12.1 Å². The van der Waals surface area contributed by atoms with Crippen molar-refractivity contribution in [2.45, 2.75) is 6.42 Å². The fourth-order valence-electron chi connectivity index (χ4n) is 2.93. The predicted octanol–water partition coefficient (Wildman–Crippen LogP) is 3.55. The molecule has 0 aliphatic heterocycles. The summed E-state index contributed by atoms with van der Waals surface area (Å²) in [6.07, 6.45) is 1.79. The number of aromatic nitrogens is 1. The van der Waals surface area contributed by atoms with E-state index < -0.39 is 10.5 Å². The zero-order valence-corrected chi connectivity index (χ0v) is 13.4. The number of rotatable bonds is 3. The van der Waals surface area contributed by atoms with Crippen LogP contribution in [0.15, 0.2) is 63.9 Å². The summed E-state index contributed by atoms with van der Waals surface area (Å²) in [5, 5.41) is 21.9. The Morgan fingerprint density at radius 2 is 1.92 bits per heavy atom. The van der Waals surface area contributed by atoms with E-state index in [4.69, 9.17) is 4.42 Å². The number of nitro benzene ring substituents is 1. The molecule has 7 nitrogen and oxygen atoms in total. The molecular formula is C19H12N2O5. The van der Waals surface area contributed by atoms with Gasteiger partial charge in [0.25, 0.3) is 5.69 Å². The third-order valence-electron chi connectivity index (χ3n) is 4.18. The van der Waals surface area contributed by atoms with Crippen molar-refractivity contribution in [1.29, 1.82) is 0 Å². The van der Waals surface area contributed by atoms with Crippen LogP contribution in [0.3, 0.4) is 0 Å². The van der Waals surface area contributed by atoms with Crippen LogP contribution in [-0.4, -0.2) is 15.0 Å². The topological polar surface area (TPSA) is 106 Å². The third-order valence-corrected chi connectivity index (χ3v) is 4.18. The summed E-state index contributed by atoms with van der Waals surface area (Å²) in [5.74, 6) is -0.0544. The standard InChI is InChI=1S/C19H12N2O5/c22-16-6-5-13(21(24)25)9-12(16)7-11-8-15-18(20-10-11)14-3-1-2-4-17(14)26-19(15)23/h1-6,8-10,22H,7H2. The van der Waals surface area contributed by atoms with Gasteiger partial charge in [0.15, 0.2) is 0 Å². The first-order valence-corrected chi connectivity index (χ1v) is 7.80. The van der Waals surface area contributed by atoms with Crippen molar-refractivity contribution < 1.29 is 14.4 Å². The number of nitro groups is 1. The highest BCUT2D eigenvalue weighted by Gasteiger charge is 2.13. The second kappa shape index (κ2) is 5.96. The van der Waals surface area contributed by atoms with Crippen LogP contribution in [0.2, 0.25) is 0 Å². The Morgan fingerprint density at radius 3 is 2.73 bits per heavy atom. The van der Waals surface area contributed by atoms with Gasteiger partial charge in [-0.15, -0.1) is 0 Å². The minimum atomic E-state index is -0.525. The minimum Gasteiger partial charge on any atom is -0.508 e. The molecule has 0 fully saturated rings. The molecule has 4 aromatic rings. The molecule has 2 heterocycles. The molecule has 26 heavy (non-hydrogen) atoms. The molecular weight excluding hydrogens is 336 g/mol. The lowest BCUT2D eigenvalue weighted by atomic mass is 10.0. The monoisotopic (exact) mass is 348 g/mol. The molecule has 0 radical (unpaired) electrons. The maximum Gasteiger partial charge on any atom is 0.345 e. The van der Waals surface area contributed by atoms with Gasteiger partial charge < -0.3 is 9.52 Å². The van der Waals surface area contributed by atoms with Crippen LogP contribution < -0.4 is 5.63 Å². The van der Waals surface area contributed by atoms with Crippen LogP contribution >= 0.6 is 0 Å². The molecule has 1 N–H and O–H groups in total. The van der Waals surface area contributed by atoms with Gasteiger partial charge in [-0.25, -0.2) is 4.79 Å². The number of benzene rings is 2. The Hall–Kier alpha value is -3.74. The van der Waals surface area contributed by atoms with E-state index in [9.17, 15) is 20.0 Å². The van der Waals surface area contributed by atoms with Gasteiger partial charge in [-0.3, -0.25) is 15.1 Å². The van der Waals surface area contributed by atoms with Gasteiger partial charge in [0, 0.05) is 35.7 Å². The molecule has 2 aromatic heterocycles. The maximum absolute atomic E-state index is 12.3. The van der Waals surface area contributed by atoms with Gasteiger partial charge >= 0.3 is 5.63 Å². The van der Waals surface area contributed by atoms with Crippen LogP contribution in [0.4, 0.5) is 5.69 Å². The first-order valence-electron chi connectivity index (χ1n) is 7.80. The van der Waals surface area contributed by atoms with Crippen molar-refractivity contribution in [2.24, 2.45) is 0 Å². The molecule has 0 saturated carbocycles. The molecule has 0 aliphatic rings. The Bertz CT molecular complexity index is 1230. The number of aromatic hydroxyl groups is 1. The molecule has 0 saturated heterocycles. The number of phenolic OH excluding ortho intramolecular Hbond substituents is 1. The second-order valence-corrected chi connectivity index (χ2v) is 5.87. The molecule has 0 amide bonds. The first-order chi connectivity index (χ1) is 12.5. The van der Waals surface area contributed by atoms with Crippen LogP contribution in [0.5, 0.6) is 5.75 Å². The Kier molecular flexibility index (Phi) is 3.62. The number of hydrogen-bond donors (Lipinski definition) is 1. The lowest BCUT2D eigenvalue weighted by Gasteiger charge is -2.07. The molecule has 0 bridgehead atoms. The van der Waals surface area contributed by atoms with Crippen molar-refractivity contribution >= 4 is 27.6 Å². The zero-order valence-electron chi connectivity index (χ0n) is 13.4. The van der Waals surface area contributed by atoms with Crippen LogP contribution in [0.25, 0.3) is 21.9 Å². The highest BCUT2D eigenvalue weighted by molar-refractivity contribution is 6.01. The zero-order chi connectivity index (χ0) is 18.3. The van der Waals surface area contributed by atoms with Crippen molar-refractivity contribution in [2.75, 3.05) is 0 Å². The Morgan fingerprint density at radius 1 is 1.12 bits per heavy atom. The van der Waals surface area contributed by atoms with E-state index in [1.807, 2.05) is 12.1 Å². The maximum atomic E-state index is 12.3. The van der Waals surface area contributed by atoms with Gasteiger partial charge in [-0.2, -0.15) is 0 Å². The quantitative estimate of drug-likeness (QED) is 0.263. The van der Waals surface area contributed by atoms with E-state index in [1.54, 1.807) is 24.4 Å². The summed E-state index contributed by atoms with van der Waals surface area (Å²) >= 11 is 0. The highest BCUT2D eigenvalue weighted by Crippen LogP contribution is 2.27. The van der Waals surface area contributed by atoms with E-state index in [-0.39, 0.29) is 17.9 Å². The number of nitrogens with zero attached hydrogens (tertiary/aromatic N) is 2. The van der Waals surface area contributed by atoms with Gasteiger partial charge in [0.05, 0.1) is 15.8 Å². The van der Waals surface area contributed by atoms with Crippen LogP contribution in [0, 0.1) is 10.1 Å². The normalized spacial score (nSPS) is 11.1. The van der Waals surface area contributed by atoms with E-state index >= 15 is 0 Å². The summed E-state index contributed by atoms with van der Waals surface area (Å²) in [7, 11) is 0. The summed E-state index contributed by atoms with van der Waals surface area (Å²) in [5.41, 5.74) is 1.39. The SMILES string of the molecule is O=c1oc2ccccc2c2ncc(Cc3cc([N+](=O)[O-])ccc3O)cc12. The molecule has 128 valence electrons. The van der Waals surface area contributed by atoms with Crippen molar-refractivity contribution in [3.05, 3.63) is 86.4 Å². The third kappa shape index (κ3) is 2.65. The number of pyridine rings is 1. The molecule has 2 aromatic carbocycles. The van der Waals surface area contributed by atoms with Crippen molar-refractivity contribution in [1.82, 2.24) is 4.98 Å². The van der Waals surface area contributed by atoms with Crippen LogP contribution in [-0.2, 0) is 6.42 Å². The van der Waals surface area contributed by atoms with Gasteiger partial charge in [0.2, 0.25) is 0 Å². The molecule has 0 atom stereocenters. The number of para-hydroxylation sites is 1. The van der Waals surface area contributed by atoms with E-state index in [0.29, 0.717) is 27.6 Å². The van der Waals surface area contributed by atoms with Crippen LogP contribution in [0.1, 0.15) is 11.1 Å². The highest BCUT2D eigenvalue weighted by atomic mass is 16.6. The number of non-ortho nitro benzene ring substituents is 1. The Balaban J connectivity index is 1.83. The molecule has 7 heteroatoms. The van der Waals surface area contributed by atoms with Gasteiger partial charge in [-0.05, 0) is 29.8 Å². The van der Waals surface area contributed by atoms with Crippen molar-refractivity contribution in [3.63, 3.8) is 0 Å². The molecule has 0 unspecified atom stereocenters. The fourth-order valence-corrected chi connectivity index (χ4v) is 2.93. The number of phenols is 1. The molecule has 0 aliphatic carbocycles. The number of hydrogen-bond acceptors (Lipinski definition) is 6. The summed E-state index contributed by atoms with van der Waals surface area (Å²) in [4.78, 5) is 27.0. The summed E-state index contributed by atoms with van der Waals surface area (Å²) in [6, 6.07) is 12.6. The fraction of sp³-hybridized carbons (Fsp3) is 0.0526. The smallest absolute Gasteiger partial charge is 0.345 e. The average Bonchev–Trinajstić information content (AvgIpc) is 2.63. The minimum absolute atomic E-state index is 0.0544. The van der Waals surface area contributed by atoms with E-state index in [0.717, 1.165) is 5.39 Å². The second-order valence-electron chi connectivity index (χ2n) is 5.87. The lowest BCUT2D eigenvalue weighted by molar-refractivity contribution is -0.384. The molecule has 0 spiro atoms. The first kappa shape index (κ1) is 15.8. The molecule has 4 rings (SSSR count). The van der Waals surface area contributed by atoms with Crippen molar-refractivity contribution in [3.8, 4) is 5.75 Å².